The van der Waals surface area contributed by atoms with E-state index in [9.17, 15) is 0 Å². The van der Waals surface area contributed by atoms with Gasteiger partial charge in [-0.3, -0.25) is 4.90 Å². The number of hydrogen-bond donors (Lipinski definition) is 0. The number of ether oxygens (including phenoxy) is 1. The highest BCUT2D eigenvalue weighted by Crippen LogP contribution is 2.38. The highest BCUT2D eigenvalue weighted by Gasteiger charge is 2.32. The van der Waals surface area contributed by atoms with Crippen molar-refractivity contribution in [2.75, 3.05) is 14.2 Å². The Morgan fingerprint density at radius 1 is 1.16 bits per heavy atom. The maximum atomic E-state index is 5.62. The van der Waals surface area contributed by atoms with Crippen LogP contribution in [0.15, 0.2) is 12.1 Å². The van der Waals surface area contributed by atoms with E-state index in [-0.39, 0.29) is 11.0 Å². The van der Waals surface area contributed by atoms with E-state index in [4.69, 9.17) is 4.74 Å². The van der Waals surface area contributed by atoms with Gasteiger partial charge in [-0.05, 0) is 55.5 Å². The molecule has 19 heavy (non-hydrogen) atoms. The first-order chi connectivity index (χ1) is 8.65. The molecule has 1 aliphatic rings. The number of methoxy groups -OCH3 is 1. The largest absolute Gasteiger partial charge is 0.496 e. The van der Waals surface area contributed by atoms with E-state index in [1.165, 1.54) is 16.7 Å². The molecule has 1 aliphatic heterocycles. The molecule has 1 heterocycles. The lowest BCUT2D eigenvalue weighted by Crippen LogP contribution is -2.45. The van der Waals surface area contributed by atoms with Gasteiger partial charge in [-0.15, -0.1) is 0 Å². The van der Waals surface area contributed by atoms with Crippen LogP contribution >= 0.6 is 0 Å². The van der Waals surface area contributed by atoms with Crippen molar-refractivity contribution in [3.63, 3.8) is 0 Å². The molecule has 2 rings (SSSR count). The highest BCUT2D eigenvalue weighted by molar-refractivity contribution is 5.47. The average Bonchev–Trinajstić information content (AvgIpc) is 2.27. The van der Waals surface area contributed by atoms with E-state index in [1.54, 1.807) is 7.11 Å². The van der Waals surface area contributed by atoms with Gasteiger partial charge in [0.25, 0.3) is 0 Å². The molecule has 0 unspecified atom stereocenters. The first-order valence-electron chi connectivity index (χ1n) is 7.06. The van der Waals surface area contributed by atoms with Gasteiger partial charge in [0.1, 0.15) is 5.75 Å². The van der Waals surface area contributed by atoms with Crippen LogP contribution in [0.5, 0.6) is 5.75 Å². The molecule has 1 aromatic carbocycles. The molecule has 0 amide bonds. The van der Waals surface area contributed by atoms with Gasteiger partial charge in [-0.1, -0.05) is 26.8 Å². The quantitative estimate of drug-likeness (QED) is 0.763. The standard InChI is InChI=1S/C17H27NO/c1-16(2,3)14-8-13-11-18(6)17(4,5)10-12(13)9-15(14)19-7/h8-9H,10-11H2,1-7H3. The summed E-state index contributed by atoms with van der Waals surface area (Å²) < 4.78 is 5.62. The molecule has 0 aromatic heterocycles. The fourth-order valence-electron chi connectivity index (χ4n) is 2.80. The van der Waals surface area contributed by atoms with E-state index in [1.807, 2.05) is 0 Å². The molecule has 0 atom stereocenters. The fourth-order valence-corrected chi connectivity index (χ4v) is 2.80. The summed E-state index contributed by atoms with van der Waals surface area (Å²) in [6, 6.07) is 4.60. The van der Waals surface area contributed by atoms with Gasteiger partial charge >= 0.3 is 0 Å². The number of likely N-dealkylation sites (N-methyl/N-ethyl adjacent to an activating group) is 1. The molecular formula is C17H27NO. The third kappa shape index (κ3) is 2.64. The van der Waals surface area contributed by atoms with Gasteiger partial charge in [0.2, 0.25) is 0 Å². The minimum Gasteiger partial charge on any atom is -0.496 e. The summed E-state index contributed by atoms with van der Waals surface area (Å²) in [6.07, 6.45) is 1.08. The first-order valence-corrected chi connectivity index (χ1v) is 7.06. The summed E-state index contributed by atoms with van der Waals surface area (Å²) >= 11 is 0. The van der Waals surface area contributed by atoms with Gasteiger partial charge in [0.05, 0.1) is 7.11 Å². The van der Waals surface area contributed by atoms with E-state index in [0.717, 1.165) is 18.7 Å². The van der Waals surface area contributed by atoms with Crippen molar-refractivity contribution in [2.45, 2.75) is 58.5 Å². The van der Waals surface area contributed by atoms with Gasteiger partial charge in [0.15, 0.2) is 0 Å². The molecular weight excluding hydrogens is 234 g/mol. The SMILES string of the molecule is COc1cc2c(cc1C(C)(C)C)CN(C)C(C)(C)C2. The summed E-state index contributed by atoms with van der Waals surface area (Å²) in [7, 11) is 3.99. The average molecular weight is 261 g/mol. The molecule has 0 aliphatic carbocycles. The second kappa shape index (κ2) is 4.52. The summed E-state index contributed by atoms with van der Waals surface area (Å²) in [5, 5.41) is 0. The highest BCUT2D eigenvalue weighted by atomic mass is 16.5. The summed E-state index contributed by atoms with van der Waals surface area (Å²) in [5.41, 5.74) is 4.54. The van der Waals surface area contributed by atoms with Crippen LogP contribution in [-0.4, -0.2) is 24.6 Å². The number of fused-ring (bicyclic) bond motifs is 1. The Bertz CT molecular complexity index is 483. The second-order valence-electron chi connectivity index (χ2n) is 7.42. The molecule has 0 saturated carbocycles. The van der Waals surface area contributed by atoms with Crippen molar-refractivity contribution in [1.29, 1.82) is 0 Å². The maximum Gasteiger partial charge on any atom is 0.122 e. The summed E-state index contributed by atoms with van der Waals surface area (Å²) in [5.74, 6) is 1.03. The fraction of sp³-hybridized carbons (Fsp3) is 0.647. The van der Waals surface area contributed by atoms with Crippen LogP contribution < -0.4 is 4.74 Å². The van der Waals surface area contributed by atoms with E-state index >= 15 is 0 Å². The zero-order valence-corrected chi connectivity index (χ0v) is 13.4. The molecule has 2 heteroatoms. The van der Waals surface area contributed by atoms with Crippen LogP contribution in [0.2, 0.25) is 0 Å². The molecule has 0 spiro atoms. The minimum absolute atomic E-state index is 0.117. The van der Waals surface area contributed by atoms with E-state index in [0.29, 0.717) is 0 Å². The zero-order valence-electron chi connectivity index (χ0n) is 13.4. The van der Waals surface area contributed by atoms with Crippen molar-refractivity contribution < 1.29 is 4.74 Å². The third-order valence-electron chi connectivity index (χ3n) is 4.39. The number of benzene rings is 1. The van der Waals surface area contributed by atoms with Crippen LogP contribution in [0.4, 0.5) is 0 Å². The van der Waals surface area contributed by atoms with Crippen LogP contribution in [0, 0.1) is 0 Å². The second-order valence-corrected chi connectivity index (χ2v) is 7.42. The molecule has 0 saturated heterocycles. The van der Waals surface area contributed by atoms with Crippen LogP contribution in [0.1, 0.15) is 51.3 Å². The Morgan fingerprint density at radius 2 is 1.79 bits per heavy atom. The topological polar surface area (TPSA) is 12.5 Å². The Kier molecular flexibility index (Phi) is 3.42. The van der Waals surface area contributed by atoms with E-state index in [2.05, 4.69) is 58.7 Å². The smallest absolute Gasteiger partial charge is 0.122 e. The van der Waals surface area contributed by atoms with Crippen molar-refractivity contribution in [1.82, 2.24) is 4.90 Å². The predicted octanol–water partition coefficient (Wildman–Crippen LogP) is 3.76. The zero-order chi connectivity index (χ0) is 14.4. The summed E-state index contributed by atoms with van der Waals surface area (Å²) in [4.78, 5) is 2.44. The van der Waals surface area contributed by atoms with Gasteiger partial charge in [-0.25, -0.2) is 0 Å². The Labute approximate surface area is 117 Å². The van der Waals surface area contributed by atoms with Crippen LogP contribution in [0.3, 0.4) is 0 Å². The lowest BCUT2D eigenvalue weighted by atomic mass is 9.80. The molecule has 2 nitrogen and oxygen atoms in total. The molecule has 0 N–H and O–H groups in total. The Hall–Kier alpha value is -1.02. The van der Waals surface area contributed by atoms with Crippen LogP contribution in [0.25, 0.3) is 0 Å². The normalized spacial score (nSPS) is 19.1. The van der Waals surface area contributed by atoms with Crippen LogP contribution in [-0.2, 0) is 18.4 Å². The minimum atomic E-state index is 0.117. The van der Waals surface area contributed by atoms with Gasteiger partial charge in [-0.2, -0.15) is 0 Å². The molecule has 0 fully saturated rings. The lowest BCUT2D eigenvalue weighted by molar-refractivity contribution is 0.132. The van der Waals surface area contributed by atoms with E-state index < -0.39 is 0 Å². The third-order valence-corrected chi connectivity index (χ3v) is 4.39. The van der Waals surface area contributed by atoms with Crippen molar-refractivity contribution in [3.05, 3.63) is 28.8 Å². The molecule has 1 aromatic rings. The molecule has 0 bridgehead atoms. The number of hydrogen-bond acceptors (Lipinski definition) is 2. The molecule has 0 radical (unpaired) electrons. The van der Waals surface area contributed by atoms with Crippen molar-refractivity contribution in [2.24, 2.45) is 0 Å². The Balaban J connectivity index is 2.53. The Morgan fingerprint density at radius 3 is 2.32 bits per heavy atom. The number of rotatable bonds is 1. The van der Waals surface area contributed by atoms with Gasteiger partial charge in [0, 0.05) is 12.1 Å². The summed E-state index contributed by atoms with van der Waals surface area (Å²) in [6.45, 7) is 12.4. The maximum absolute atomic E-state index is 5.62. The number of nitrogens with zero attached hydrogens (tertiary/aromatic N) is 1. The monoisotopic (exact) mass is 261 g/mol. The van der Waals surface area contributed by atoms with Crippen molar-refractivity contribution >= 4 is 0 Å². The van der Waals surface area contributed by atoms with Gasteiger partial charge < -0.3 is 4.74 Å². The lowest BCUT2D eigenvalue weighted by Gasteiger charge is -2.41. The molecule has 106 valence electrons. The predicted molar refractivity (Wildman–Crippen MR) is 80.9 cm³/mol. The first kappa shape index (κ1) is 14.4. The van der Waals surface area contributed by atoms with Crippen molar-refractivity contribution in [3.8, 4) is 5.75 Å².